The van der Waals surface area contributed by atoms with Gasteiger partial charge in [0.2, 0.25) is 0 Å². The molecule has 0 fully saturated rings. The molecule has 2 aromatic rings. The third-order valence-corrected chi connectivity index (χ3v) is 3.78. The van der Waals surface area contributed by atoms with Gasteiger partial charge in [-0.3, -0.25) is 0 Å². The number of furan rings is 1. The zero-order valence-electron chi connectivity index (χ0n) is 11.2. The van der Waals surface area contributed by atoms with E-state index in [9.17, 15) is 8.78 Å². The quantitative estimate of drug-likeness (QED) is 0.920. The molecule has 2 nitrogen and oxygen atoms in total. The standard InChI is InChI=1S/C16H17F2NO/c17-12-8-11(9-13(18)10-12)4-6-19-15-2-1-3-16-14(15)5-7-20-16/h5,7-10,15,19H,1-4,6H2. The van der Waals surface area contributed by atoms with Crippen LogP contribution in [0.1, 0.15) is 35.8 Å². The topological polar surface area (TPSA) is 25.2 Å². The Labute approximate surface area is 116 Å². The third kappa shape index (κ3) is 2.90. The van der Waals surface area contributed by atoms with Crippen LogP contribution in [-0.4, -0.2) is 6.54 Å². The molecule has 0 bridgehead atoms. The highest BCUT2D eigenvalue weighted by Crippen LogP contribution is 2.30. The second kappa shape index (κ2) is 5.75. The zero-order chi connectivity index (χ0) is 13.9. The minimum atomic E-state index is -0.519. The van der Waals surface area contributed by atoms with Crippen molar-refractivity contribution < 1.29 is 13.2 Å². The lowest BCUT2D eigenvalue weighted by Crippen LogP contribution is -2.26. The molecule has 0 radical (unpaired) electrons. The van der Waals surface area contributed by atoms with Gasteiger partial charge in [-0.2, -0.15) is 0 Å². The maximum absolute atomic E-state index is 13.1. The van der Waals surface area contributed by atoms with E-state index < -0.39 is 11.6 Å². The van der Waals surface area contributed by atoms with E-state index in [-0.39, 0.29) is 6.04 Å². The van der Waals surface area contributed by atoms with E-state index in [4.69, 9.17) is 4.42 Å². The molecule has 106 valence electrons. The highest BCUT2D eigenvalue weighted by molar-refractivity contribution is 5.24. The second-order valence-electron chi connectivity index (χ2n) is 5.23. The number of halogens is 2. The Hall–Kier alpha value is -1.68. The molecule has 1 heterocycles. The minimum Gasteiger partial charge on any atom is -0.469 e. The normalized spacial score (nSPS) is 18.0. The number of fused-ring (bicyclic) bond motifs is 1. The molecule has 4 heteroatoms. The van der Waals surface area contributed by atoms with Gasteiger partial charge in [-0.1, -0.05) is 0 Å². The summed E-state index contributed by atoms with van der Waals surface area (Å²) in [5.41, 5.74) is 1.90. The predicted octanol–water partition coefficient (Wildman–Crippen LogP) is 3.77. The van der Waals surface area contributed by atoms with E-state index in [2.05, 4.69) is 5.32 Å². The Morgan fingerprint density at radius 2 is 2.00 bits per heavy atom. The van der Waals surface area contributed by atoms with E-state index >= 15 is 0 Å². The van der Waals surface area contributed by atoms with Crippen molar-refractivity contribution in [2.75, 3.05) is 6.54 Å². The van der Waals surface area contributed by atoms with Crippen LogP contribution >= 0.6 is 0 Å². The number of nitrogens with one attached hydrogen (secondary N) is 1. The van der Waals surface area contributed by atoms with Crippen LogP contribution in [0.15, 0.2) is 34.9 Å². The third-order valence-electron chi connectivity index (χ3n) is 3.78. The molecule has 0 spiro atoms. The van der Waals surface area contributed by atoms with Crippen molar-refractivity contribution in [3.8, 4) is 0 Å². The molecule has 20 heavy (non-hydrogen) atoms. The van der Waals surface area contributed by atoms with E-state index in [1.807, 2.05) is 6.07 Å². The van der Waals surface area contributed by atoms with Crippen LogP contribution in [0.2, 0.25) is 0 Å². The van der Waals surface area contributed by atoms with Gasteiger partial charge in [-0.25, -0.2) is 8.78 Å². The molecular formula is C16H17F2NO. The van der Waals surface area contributed by atoms with Crippen molar-refractivity contribution in [2.24, 2.45) is 0 Å². The smallest absolute Gasteiger partial charge is 0.126 e. The van der Waals surface area contributed by atoms with Crippen LogP contribution in [0.25, 0.3) is 0 Å². The van der Waals surface area contributed by atoms with Gasteiger partial charge < -0.3 is 9.73 Å². The van der Waals surface area contributed by atoms with Gasteiger partial charge in [0.15, 0.2) is 0 Å². The van der Waals surface area contributed by atoms with Crippen LogP contribution in [0, 0.1) is 11.6 Å². The van der Waals surface area contributed by atoms with E-state index in [1.54, 1.807) is 6.26 Å². The summed E-state index contributed by atoms with van der Waals surface area (Å²) in [4.78, 5) is 0. The van der Waals surface area contributed by atoms with Crippen molar-refractivity contribution in [1.82, 2.24) is 5.32 Å². The fourth-order valence-electron chi connectivity index (χ4n) is 2.84. The molecular weight excluding hydrogens is 260 g/mol. The van der Waals surface area contributed by atoms with Gasteiger partial charge in [0.25, 0.3) is 0 Å². The summed E-state index contributed by atoms with van der Waals surface area (Å²) in [5.74, 6) is 0.0233. The lowest BCUT2D eigenvalue weighted by molar-refractivity contribution is 0.413. The van der Waals surface area contributed by atoms with Crippen LogP contribution in [0.3, 0.4) is 0 Å². The Morgan fingerprint density at radius 1 is 1.20 bits per heavy atom. The maximum Gasteiger partial charge on any atom is 0.126 e. The van der Waals surface area contributed by atoms with Crippen LogP contribution < -0.4 is 5.32 Å². The maximum atomic E-state index is 13.1. The van der Waals surface area contributed by atoms with Crippen molar-refractivity contribution >= 4 is 0 Å². The predicted molar refractivity (Wildman–Crippen MR) is 72.5 cm³/mol. The molecule has 0 saturated carbocycles. The number of rotatable bonds is 4. The highest BCUT2D eigenvalue weighted by atomic mass is 19.1. The van der Waals surface area contributed by atoms with Crippen molar-refractivity contribution in [1.29, 1.82) is 0 Å². The second-order valence-corrected chi connectivity index (χ2v) is 5.23. The van der Waals surface area contributed by atoms with E-state index in [1.165, 1.54) is 17.7 Å². The average Bonchev–Trinajstić information content (AvgIpc) is 2.86. The summed E-state index contributed by atoms with van der Waals surface area (Å²) in [7, 11) is 0. The average molecular weight is 277 g/mol. The minimum absolute atomic E-state index is 0.288. The fourth-order valence-corrected chi connectivity index (χ4v) is 2.84. The lowest BCUT2D eigenvalue weighted by Gasteiger charge is -2.22. The first-order chi connectivity index (χ1) is 9.72. The van der Waals surface area contributed by atoms with Crippen molar-refractivity contribution in [3.63, 3.8) is 0 Å². The highest BCUT2D eigenvalue weighted by Gasteiger charge is 2.21. The SMILES string of the molecule is Fc1cc(F)cc(CCNC2CCCc3occc32)c1. The molecule has 1 aromatic carbocycles. The Balaban J connectivity index is 1.58. The number of hydrogen-bond donors (Lipinski definition) is 1. The monoisotopic (exact) mass is 277 g/mol. The molecule has 3 rings (SSSR count). The first kappa shape index (κ1) is 13.3. The van der Waals surface area contributed by atoms with Crippen LogP contribution in [0.5, 0.6) is 0 Å². The lowest BCUT2D eigenvalue weighted by atomic mass is 9.93. The Morgan fingerprint density at radius 3 is 2.80 bits per heavy atom. The van der Waals surface area contributed by atoms with Crippen LogP contribution in [0.4, 0.5) is 8.78 Å². The van der Waals surface area contributed by atoms with Gasteiger partial charge in [0, 0.05) is 24.1 Å². The first-order valence-electron chi connectivity index (χ1n) is 6.97. The van der Waals surface area contributed by atoms with Crippen molar-refractivity contribution in [3.05, 3.63) is 59.1 Å². The number of hydrogen-bond acceptors (Lipinski definition) is 2. The fraction of sp³-hybridized carbons (Fsp3) is 0.375. The zero-order valence-corrected chi connectivity index (χ0v) is 11.2. The molecule has 0 amide bonds. The van der Waals surface area contributed by atoms with Gasteiger partial charge in [0.05, 0.1) is 6.26 Å². The van der Waals surface area contributed by atoms with Gasteiger partial charge in [-0.15, -0.1) is 0 Å². The number of benzene rings is 1. The molecule has 0 aliphatic heterocycles. The van der Waals surface area contributed by atoms with E-state index in [0.29, 0.717) is 18.5 Å². The molecule has 1 unspecified atom stereocenters. The van der Waals surface area contributed by atoms with E-state index in [0.717, 1.165) is 31.1 Å². The summed E-state index contributed by atoms with van der Waals surface area (Å²) < 4.78 is 31.6. The first-order valence-corrected chi connectivity index (χ1v) is 6.97. The van der Waals surface area contributed by atoms with Gasteiger partial charge >= 0.3 is 0 Å². The summed E-state index contributed by atoms with van der Waals surface area (Å²) in [5, 5.41) is 3.45. The number of aryl methyl sites for hydroxylation is 1. The summed E-state index contributed by atoms with van der Waals surface area (Å²) in [6, 6.07) is 5.96. The van der Waals surface area contributed by atoms with Gasteiger partial charge in [0.1, 0.15) is 17.4 Å². The molecule has 1 aliphatic rings. The largest absolute Gasteiger partial charge is 0.469 e. The molecule has 1 N–H and O–H groups in total. The summed E-state index contributed by atoms with van der Waals surface area (Å²) >= 11 is 0. The Bertz CT molecular complexity index is 574. The summed E-state index contributed by atoms with van der Waals surface area (Å²) in [6.45, 7) is 0.693. The molecule has 1 aliphatic carbocycles. The summed E-state index contributed by atoms with van der Waals surface area (Å²) in [6.07, 6.45) is 5.51. The van der Waals surface area contributed by atoms with Crippen molar-refractivity contribution in [2.45, 2.75) is 31.7 Å². The van der Waals surface area contributed by atoms with Gasteiger partial charge in [-0.05, 0) is 49.6 Å². The molecule has 1 atom stereocenters. The molecule has 0 saturated heterocycles. The molecule has 1 aromatic heterocycles. The van der Waals surface area contributed by atoms with Crippen LogP contribution in [-0.2, 0) is 12.8 Å². The Kier molecular flexibility index (Phi) is 3.83.